The minimum atomic E-state index is -3.79. The summed E-state index contributed by atoms with van der Waals surface area (Å²) in [6.07, 6.45) is 2.08. The van der Waals surface area contributed by atoms with E-state index in [2.05, 4.69) is 4.40 Å². The van der Waals surface area contributed by atoms with Crippen LogP contribution in [-0.2, 0) is 10.0 Å². The third kappa shape index (κ3) is 5.34. The van der Waals surface area contributed by atoms with Gasteiger partial charge < -0.3 is 5.73 Å². The highest BCUT2D eigenvalue weighted by atomic mass is 35.5. The molecule has 7 heteroatoms. The fourth-order valence-corrected chi connectivity index (χ4v) is 2.47. The zero-order valence-corrected chi connectivity index (χ0v) is 14.4. The standard InChI is InChI=1S/C14H18Cl2N2O2S/c1-4-14(2,3)13(17)18-21(19,20)8-7-10-5-6-11(15)12(16)9-10/h5-9H,4H2,1-3H3,(H2,17,18)/b8-7+. The van der Waals surface area contributed by atoms with Crippen LogP contribution in [0.1, 0.15) is 32.8 Å². The average Bonchev–Trinajstić information content (AvgIpc) is 2.39. The number of nitrogens with two attached hydrogens (primary N) is 1. The van der Waals surface area contributed by atoms with Gasteiger partial charge in [-0.1, -0.05) is 50.0 Å². The van der Waals surface area contributed by atoms with Gasteiger partial charge in [0, 0.05) is 5.41 Å². The summed E-state index contributed by atoms with van der Waals surface area (Å²) < 4.78 is 27.5. The molecular weight excluding hydrogens is 331 g/mol. The molecule has 0 saturated heterocycles. The van der Waals surface area contributed by atoms with Gasteiger partial charge in [0.2, 0.25) is 0 Å². The van der Waals surface area contributed by atoms with Crippen LogP contribution in [0.15, 0.2) is 28.0 Å². The Morgan fingerprint density at radius 1 is 1.33 bits per heavy atom. The van der Waals surface area contributed by atoms with E-state index >= 15 is 0 Å². The van der Waals surface area contributed by atoms with Crippen LogP contribution in [0.2, 0.25) is 10.0 Å². The molecule has 21 heavy (non-hydrogen) atoms. The summed E-state index contributed by atoms with van der Waals surface area (Å²) in [6, 6.07) is 4.82. The summed E-state index contributed by atoms with van der Waals surface area (Å²) in [5.41, 5.74) is 5.90. The predicted molar refractivity (Wildman–Crippen MR) is 90.1 cm³/mol. The van der Waals surface area contributed by atoms with Crippen molar-refractivity contribution in [1.82, 2.24) is 0 Å². The molecule has 116 valence electrons. The Hall–Kier alpha value is -1.04. The van der Waals surface area contributed by atoms with Gasteiger partial charge in [-0.2, -0.15) is 8.42 Å². The molecule has 0 amide bonds. The molecule has 4 nitrogen and oxygen atoms in total. The molecule has 0 saturated carbocycles. The van der Waals surface area contributed by atoms with Crippen LogP contribution in [0.4, 0.5) is 0 Å². The first-order valence-corrected chi connectivity index (χ1v) is 8.57. The van der Waals surface area contributed by atoms with E-state index < -0.39 is 15.4 Å². The first-order chi connectivity index (χ1) is 9.57. The molecule has 0 spiro atoms. The number of sulfonamides is 1. The van der Waals surface area contributed by atoms with Crippen LogP contribution >= 0.6 is 23.2 Å². The molecule has 1 aromatic carbocycles. The second-order valence-electron chi connectivity index (χ2n) is 5.21. The molecule has 0 aliphatic rings. The van der Waals surface area contributed by atoms with E-state index in [-0.39, 0.29) is 5.84 Å². The number of nitrogens with zero attached hydrogens (tertiary/aromatic N) is 1. The van der Waals surface area contributed by atoms with E-state index in [1.807, 2.05) is 20.8 Å². The molecule has 0 aliphatic carbocycles. The zero-order valence-electron chi connectivity index (χ0n) is 12.1. The number of hydrogen-bond donors (Lipinski definition) is 1. The minimum absolute atomic E-state index is 0.0868. The van der Waals surface area contributed by atoms with Gasteiger partial charge in [-0.05, 0) is 30.2 Å². The topological polar surface area (TPSA) is 72.5 Å². The second kappa shape index (κ2) is 6.81. The van der Waals surface area contributed by atoms with Gasteiger partial charge in [0.25, 0.3) is 10.0 Å². The van der Waals surface area contributed by atoms with Crippen molar-refractivity contribution in [2.75, 3.05) is 0 Å². The van der Waals surface area contributed by atoms with Crippen molar-refractivity contribution in [3.05, 3.63) is 39.2 Å². The van der Waals surface area contributed by atoms with Crippen molar-refractivity contribution in [1.29, 1.82) is 0 Å². The number of hydrogen-bond acceptors (Lipinski definition) is 2. The molecule has 0 unspecified atom stereocenters. The third-order valence-electron chi connectivity index (χ3n) is 3.18. The highest BCUT2D eigenvalue weighted by Gasteiger charge is 2.22. The molecule has 0 radical (unpaired) electrons. The van der Waals surface area contributed by atoms with Crippen molar-refractivity contribution in [2.45, 2.75) is 27.2 Å². The van der Waals surface area contributed by atoms with Crippen molar-refractivity contribution < 1.29 is 8.42 Å². The van der Waals surface area contributed by atoms with E-state index in [0.29, 0.717) is 22.0 Å². The van der Waals surface area contributed by atoms with Crippen LogP contribution in [0.3, 0.4) is 0 Å². The van der Waals surface area contributed by atoms with Crippen LogP contribution in [0, 0.1) is 5.41 Å². The van der Waals surface area contributed by atoms with E-state index in [4.69, 9.17) is 28.9 Å². The monoisotopic (exact) mass is 348 g/mol. The zero-order chi connectivity index (χ0) is 16.3. The fourth-order valence-electron chi connectivity index (χ4n) is 1.25. The van der Waals surface area contributed by atoms with Crippen molar-refractivity contribution in [2.24, 2.45) is 15.5 Å². The van der Waals surface area contributed by atoms with E-state index in [1.165, 1.54) is 6.08 Å². The molecule has 1 aromatic rings. The Kier molecular flexibility index (Phi) is 5.84. The second-order valence-corrected chi connectivity index (χ2v) is 7.50. The Labute approximate surface area is 135 Å². The lowest BCUT2D eigenvalue weighted by atomic mass is 9.89. The SMILES string of the molecule is CCC(C)(C)/C(N)=N/S(=O)(=O)/C=C/c1ccc(Cl)c(Cl)c1. The van der Waals surface area contributed by atoms with Crippen molar-refractivity contribution >= 4 is 45.1 Å². The highest BCUT2D eigenvalue weighted by Crippen LogP contribution is 2.24. The molecule has 0 atom stereocenters. The summed E-state index contributed by atoms with van der Waals surface area (Å²) in [4.78, 5) is 0. The molecule has 2 N–H and O–H groups in total. The Morgan fingerprint density at radius 2 is 1.95 bits per heavy atom. The lowest BCUT2D eigenvalue weighted by Crippen LogP contribution is -2.32. The van der Waals surface area contributed by atoms with Crippen LogP contribution in [0.5, 0.6) is 0 Å². The van der Waals surface area contributed by atoms with Crippen LogP contribution in [0.25, 0.3) is 6.08 Å². The maximum Gasteiger partial charge on any atom is 0.277 e. The van der Waals surface area contributed by atoms with Crippen LogP contribution < -0.4 is 5.73 Å². The van der Waals surface area contributed by atoms with E-state index in [0.717, 1.165) is 5.41 Å². The van der Waals surface area contributed by atoms with Crippen molar-refractivity contribution in [3.63, 3.8) is 0 Å². The molecule has 0 fully saturated rings. The van der Waals surface area contributed by atoms with Gasteiger partial charge >= 0.3 is 0 Å². The summed E-state index contributed by atoms with van der Waals surface area (Å²) in [5.74, 6) is 0.0868. The van der Waals surface area contributed by atoms with E-state index in [1.54, 1.807) is 18.2 Å². The Bertz CT molecular complexity index is 680. The maximum atomic E-state index is 11.9. The largest absolute Gasteiger partial charge is 0.386 e. The first kappa shape index (κ1) is 18.0. The number of benzene rings is 1. The molecular formula is C14H18Cl2N2O2S. The van der Waals surface area contributed by atoms with Crippen molar-refractivity contribution in [3.8, 4) is 0 Å². The Morgan fingerprint density at radius 3 is 2.48 bits per heavy atom. The maximum absolute atomic E-state index is 11.9. The molecule has 0 heterocycles. The van der Waals surface area contributed by atoms with E-state index in [9.17, 15) is 8.42 Å². The van der Waals surface area contributed by atoms with Gasteiger partial charge in [0.15, 0.2) is 0 Å². The van der Waals surface area contributed by atoms with Gasteiger partial charge in [-0.15, -0.1) is 4.40 Å². The van der Waals surface area contributed by atoms with Gasteiger partial charge in [0.05, 0.1) is 15.5 Å². The first-order valence-electron chi connectivity index (χ1n) is 6.31. The lowest BCUT2D eigenvalue weighted by Gasteiger charge is -2.20. The van der Waals surface area contributed by atoms with Crippen LogP contribution in [-0.4, -0.2) is 14.3 Å². The highest BCUT2D eigenvalue weighted by molar-refractivity contribution is 7.93. The number of amidine groups is 1. The number of rotatable bonds is 5. The summed E-state index contributed by atoms with van der Waals surface area (Å²) in [6.45, 7) is 5.59. The lowest BCUT2D eigenvalue weighted by molar-refractivity contribution is 0.498. The smallest absolute Gasteiger partial charge is 0.277 e. The Balaban J connectivity index is 3.02. The van der Waals surface area contributed by atoms with Gasteiger partial charge in [0.1, 0.15) is 5.84 Å². The molecule has 0 aliphatic heterocycles. The van der Waals surface area contributed by atoms with Gasteiger partial charge in [-0.3, -0.25) is 0 Å². The minimum Gasteiger partial charge on any atom is -0.386 e. The third-order valence-corrected chi connectivity index (χ3v) is 4.85. The normalized spacial score (nSPS) is 13.9. The predicted octanol–water partition coefficient (Wildman–Crippen LogP) is 4.09. The molecule has 1 rings (SSSR count). The molecule has 0 bridgehead atoms. The number of halogens is 2. The summed E-state index contributed by atoms with van der Waals surface area (Å²) in [7, 11) is -3.79. The molecule has 0 aromatic heterocycles. The van der Waals surface area contributed by atoms with Gasteiger partial charge in [-0.25, -0.2) is 0 Å². The quantitative estimate of drug-likeness (QED) is 0.643. The average molecular weight is 349 g/mol. The fraction of sp³-hybridized carbons (Fsp3) is 0.357. The summed E-state index contributed by atoms with van der Waals surface area (Å²) >= 11 is 11.7. The summed E-state index contributed by atoms with van der Waals surface area (Å²) in [5, 5.41) is 1.75.